The predicted molar refractivity (Wildman–Crippen MR) is 83.4 cm³/mol. The maximum Gasteiger partial charge on any atom is 0.0187 e. The molecule has 1 rings (SSSR count). The number of hydrogen-bond acceptors (Lipinski definition) is 2. The van der Waals surface area contributed by atoms with Gasteiger partial charge in [0.05, 0.1) is 0 Å². The fourth-order valence-corrected chi connectivity index (χ4v) is 3.21. The van der Waals surface area contributed by atoms with E-state index >= 15 is 0 Å². The van der Waals surface area contributed by atoms with E-state index in [4.69, 9.17) is 0 Å². The van der Waals surface area contributed by atoms with Crippen LogP contribution in [0.25, 0.3) is 0 Å². The average molecular weight is 265 g/mol. The Labute approximate surface area is 117 Å². The highest BCUT2D eigenvalue weighted by atomic mass is 32.2. The molecule has 18 heavy (non-hydrogen) atoms. The van der Waals surface area contributed by atoms with Crippen LogP contribution in [0.15, 0.2) is 29.2 Å². The summed E-state index contributed by atoms with van der Waals surface area (Å²) < 4.78 is 0. The summed E-state index contributed by atoms with van der Waals surface area (Å²) >= 11 is 1.99. The van der Waals surface area contributed by atoms with Gasteiger partial charge in [0.15, 0.2) is 0 Å². The predicted octanol–water partition coefficient (Wildman–Crippen LogP) is 4.50. The van der Waals surface area contributed by atoms with Crippen molar-refractivity contribution >= 4 is 11.8 Å². The number of thioether (sulfide) groups is 1. The van der Waals surface area contributed by atoms with Crippen LogP contribution < -0.4 is 5.32 Å². The summed E-state index contributed by atoms with van der Waals surface area (Å²) in [6, 6.07) is 9.29. The fraction of sp³-hybridized carbons (Fsp3) is 0.625. The van der Waals surface area contributed by atoms with E-state index in [1.165, 1.54) is 29.1 Å². The first-order valence-electron chi connectivity index (χ1n) is 7.10. The van der Waals surface area contributed by atoms with Gasteiger partial charge in [-0.1, -0.05) is 45.4 Å². The van der Waals surface area contributed by atoms with E-state index in [2.05, 4.69) is 57.3 Å². The molecular formula is C16H27NS. The molecule has 102 valence electrons. The maximum atomic E-state index is 3.69. The van der Waals surface area contributed by atoms with Crippen molar-refractivity contribution in [2.24, 2.45) is 5.92 Å². The van der Waals surface area contributed by atoms with Crippen LogP contribution in [-0.4, -0.2) is 18.3 Å². The van der Waals surface area contributed by atoms with Crippen molar-refractivity contribution in [1.82, 2.24) is 5.32 Å². The first kappa shape index (κ1) is 15.6. The van der Waals surface area contributed by atoms with E-state index in [1.54, 1.807) is 0 Å². The molecule has 0 radical (unpaired) electrons. The van der Waals surface area contributed by atoms with Crippen LogP contribution in [0.4, 0.5) is 0 Å². The van der Waals surface area contributed by atoms with Crippen LogP contribution in [0.1, 0.15) is 39.2 Å². The van der Waals surface area contributed by atoms with Gasteiger partial charge in [-0.2, -0.15) is 0 Å². The molecule has 0 bridgehead atoms. The minimum atomic E-state index is 0.625. The minimum Gasteiger partial charge on any atom is -0.313 e. The lowest BCUT2D eigenvalue weighted by Crippen LogP contribution is -2.37. The number of nitrogens with one attached hydrogen (secondary N) is 1. The molecule has 0 heterocycles. The lowest BCUT2D eigenvalue weighted by atomic mass is 10.0. The van der Waals surface area contributed by atoms with E-state index in [9.17, 15) is 0 Å². The first-order chi connectivity index (χ1) is 8.69. The van der Waals surface area contributed by atoms with Gasteiger partial charge in [-0.3, -0.25) is 0 Å². The molecule has 1 nitrogen and oxygen atoms in total. The molecule has 0 aliphatic rings. The van der Waals surface area contributed by atoms with Gasteiger partial charge in [-0.15, -0.1) is 11.8 Å². The van der Waals surface area contributed by atoms with Crippen molar-refractivity contribution < 1.29 is 0 Å². The van der Waals surface area contributed by atoms with E-state index in [0.29, 0.717) is 6.04 Å². The van der Waals surface area contributed by atoms with Crippen molar-refractivity contribution in [3.05, 3.63) is 29.8 Å². The number of rotatable bonds is 8. The summed E-state index contributed by atoms with van der Waals surface area (Å²) in [5.74, 6) is 1.91. The highest BCUT2D eigenvalue weighted by Crippen LogP contribution is 2.24. The Kier molecular flexibility index (Phi) is 7.45. The Hall–Kier alpha value is -0.470. The summed E-state index contributed by atoms with van der Waals surface area (Å²) in [6.07, 6.45) is 2.46. The standard InChI is InChI=1S/C16H27NS/c1-5-11-17-15(13(3)6-2)12-18-16-10-8-7-9-14(16)4/h7-10,13,15,17H,5-6,11-12H2,1-4H3. The van der Waals surface area contributed by atoms with Crippen LogP contribution in [-0.2, 0) is 0 Å². The number of aryl methyl sites for hydroxylation is 1. The summed E-state index contributed by atoms with van der Waals surface area (Å²) in [5, 5.41) is 3.69. The monoisotopic (exact) mass is 265 g/mol. The Morgan fingerprint density at radius 2 is 1.94 bits per heavy atom. The molecule has 0 fully saturated rings. The molecule has 0 aliphatic carbocycles. The van der Waals surface area contributed by atoms with Crippen molar-refractivity contribution in [1.29, 1.82) is 0 Å². The van der Waals surface area contributed by atoms with E-state index in [-0.39, 0.29) is 0 Å². The second kappa shape index (κ2) is 8.60. The van der Waals surface area contributed by atoms with Gasteiger partial charge in [-0.25, -0.2) is 0 Å². The lowest BCUT2D eigenvalue weighted by molar-refractivity contribution is 0.397. The largest absolute Gasteiger partial charge is 0.313 e. The van der Waals surface area contributed by atoms with Crippen molar-refractivity contribution in [3.8, 4) is 0 Å². The topological polar surface area (TPSA) is 12.0 Å². The molecule has 1 aromatic carbocycles. The smallest absolute Gasteiger partial charge is 0.0187 e. The van der Waals surface area contributed by atoms with Gasteiger partial charge in [0.1, 0.15) is 0 Å². The van der Waals surface area contributed by atoms with E-state index in [0.717, 1.165) is 12.5 Å². The quantitative estimate of drug-likeness (QED) is 0.694. The van der Waals surface area contributed by atoms with Gasteiger partial charge in [0.25, 0.3) is 0 Å². The Bertz CT molecular complexity index is 338. The second-order valence-corrected chi connectivity index (χ2v) is 6.08. The van der Waals surface area contributed by atoms with Gasteiger partial charge < -0.3 is 5.32 Å². The van der Waals surface area contributed by atoms with E-state index in [1.807, 2.05) is 11.8 Å². The van der Waals surface area contributed by atoms with Crippen molar-refractivity contribution in [2.45, 2.75) is 51.5 Å². The maximum absolute atomic E-state index is 3.69. The van der Waals surface area contributed by atoms with Crippen LogP contribution in [0.5, 0.6) is 0 Å². The van der Waals surface area contributed by atoms with Crippen LogP contribution in [0, 0.1) is 12.8 Å². The summed E-state index contributed by atoms with van der Waals surface area (Å²) in [4.78, 5) is 1.42. The lowest BCUT2D eigenvalue weighted by Gasteiger charge is -2.24. The number of hydrogen-bond donors (Lipinski definition) is 1. The van der Waals surface area contributed by atoms with Gasteiger partial charge in [-0.05, 0) is 37.4 Å². The summed E-state index contributed by atoms with van der Waals surface area (Å²) in [7, 11) is 0. The molecule has 0 saturated carbocycles. The molecule has 1 aromatic rings. The molecule has 0 amide bonds. The second-order valence-electron chi connectivity index (χ2n) is 5.02. The van der Waals surface area contributed by atoms with Crippen molar-refractivity contribution in [3.63, 3.8) is 0 Å². The summed E-state index contributed by atoms with van der Waals surface area (Å²) in [6.45, 7) is 10.2. The first-order valence-corrected chi connectivity index (χ1v) is 8.09. The zero-order valence-corrected chi connectivity index (χ0v) is 13.0. The molecule has 0 aromatic heterocycles. The average Bonchev–Trinajstić information content (AvgIpc) is 2.40. The fourth-order valence-electron chi connectivity index (χ4n) is 1.94. The Morgan fingerprint density at radius 1 is 1.22 bits per heavy atom. The highest BCUT2D eigenvalue weighted by Gasteiger charge is 2.15. The minimum absolute atomic E-state index is 0.625. The molecule has 0 saturated heterocycles. The van der Waals surface area contributed by atoms with Crippen LogP contribution >= 0.6 is 11.8 Å². The molecular weight excluding hydrogens is 238 g/mol. The normalized spacial score (nSPS) is 14.4. The third-order valence-corrected chi connectivity index (χ3v) is 4.79. The molecule has 0 aliphatic heterocycles. The SMILES string of the molecule is CCCNC(CSc1ccccc1C)C(C)CC. The Balaban J connectivity index is 2.53. The molecule has 2 atom stereocenters. The van der Waals surface area contributed by atoms with Gasteiger partial charge in [0, 0.05) is 16.7 Å². The van der Waals surface area contributed by atoms with Crippen LogP contribution in [0.2, 0.25) is 0 Å². The highest BCUT2D eigenvalue weighted by molar-refractivity contribution is 7.99. The molecule has 0 spiro atoms. The van der Waals surface area contributed by atoms with Gasteiger partial charge >= 0.3 is 0 Å². The zero-order valence-electron chi connectivity index (χ0n) is 12.2. The third-order valence-electron chi connectivity index (χ3n) is 3.50. The van der Waals surface area contributed by atoms with Crippen molar-refractivity contribution in [2.75, 3.05) is 12.3 Å². The molecule has 2 unspecified atom stereocenters. The number of benzene rings is 1. The third kappa shape index (κ3) is 5.03. The Morgan fingerprint density at radius 3 is 2.56 bits per heavy atom. The molecule has 1 N–H and O–H groups in total. The zero-order chi connectivity index (χ0) is 13.4. The van der Waals surface area contributed by atoms with Crippen LogP contribution in [0.3, 0.4) is 0 Å². The molecule has 2 heteroatoms. The van der Waals surface area contributed by atoms with Gasteiger partial charge in [0.2, 0.25) is 0 Å². The summed E-state index contributed by atoms with van der Waals surface area (Å²) in [5.41, 5.74) is 1.39. The van der Waals surface area contributed by atoms with E-state index < -0.39 is 0 Å².